The van der Waals surface area contributed by atoms with E-state index in [1.807, 2.05) is 29.6 Å². The van der Waals surface area contributed by atoms with Crippen molar-refractivity contribution >= 4 is 33.9 Å². The van der Waals surface area contributed by atoms with E-state index in [9.17, 15) is 9.59 Å². The van der Waals surface area contributed by atoms with Crippen molar-refractivity contribution in [3.63, 3.8) is 0 Å². The molecule has 1 aromatic heterocycles. The SMILES string of the molecule is COC(=O)C(=O)c1scc2ccccc12. The second-order valence-corrected chi connectivity index (χ2v) is 3.85. The zero-order valence-corrected chi connectivity index (χ0v) is 8.84. The number of benzene rings is 1. The maximum atomic E-state index is 11.6. The van der Waals surface area contributed by atoms with Gasteiger partial charge in [-0.1, -0.05) is 24.3 Å². The predicted molar refractivity (Wildman–Crippen MR) is 58.2 cm³/mol. The molecule has 0 radical (unpaired) electrons. The van der Waals surface area contributed by atoms with Gasteiger partial charge in [0.1, 0.15) is 0 Å². The Morgan fingerprint density at radius 2 is 2.00 bits per heavy atom. The Kier molecular flexibility index (Phi) is 2.51. The first kappa shape index (κ1) is 9.86. The number of methoxy groups -OCH3 is 1. The van der Waals surface area contributed by atoms with Gasteiger partial charge in [-0.25, -0.2) is 4.79 Å². The van der Waals surface area contributed by atoms with Gasteiger partial charge in [0.25, 0.3) is 5.78 Å². The second-order valence-electron chi connectivity index (χ2n) is 2.97. The number of esters is 1. The molecule has 0 saturated heterocycles. The topological polar surface area (TPSA) is 43.4 Å². The lowest BCUT2D eigenvalue weighted by molar-refractivity contribution is -0.135. The molecule has 0 bridgehead atoms. The molecule has 0 fully saturated rings. The lowest BCUT2D eigenvalue weighted by Crippen LogP contribution is -2.14. The van der Waals surface area contributed by atoms with Crippen molar-refractivity contribution in [2.75, 3.05) is 7.11 Å². The Bertz CT molecular complexity index is 527. The van der Waals surface area contributed by atoms with Crippen LogP contribution in [0, 0.1) is 0 Å². The van der Waals surface area contributed by atoms with Crippen molar-refractivity contribution in [2.45, 2.75) is 0 Å². The Morgan fingerprint density at radius 1 is 1.27 bits per heavy atom. The van der Waals surface area contributed by atoms with Gasteiger partial charge >= 0.3 is 5.97 Å². The van der Waals surface area contributed by atoms with Crippen molar-refractivity contribution in [1.82, 2.24) is 0 Å². The summed E-state index contributed by atoms with van der Waals surface area (Å²) in [4.78, 5) is 23.1. The number of thiophene rings is 1. The van der Waals surface area contributed by atoms with Crippen LogP contribution in [0.5, 0.6) is 0 Å². The molecule has 0 saturated carbocycles. The van der Waals surface area contributed by atoms with E-state index in [0.717, 1.165) is 10.8 Å². The van der Waals surface area contributed by atoms with Crippen molar-refractivity contribution in [3.8, 4) is 0 Å². The average Bonchev–Trinajstić information content (AvgIpc) is 2.70. The van der Waals surface area contributed by atoms with E-state index in [0.29, 0.717) is 4.88 Å². The van der Waals surface area contributed by atoms with Gasteiger partial charge in [0.15, 0.2) is 0 Å². The number of Topliss-reactive ketones (excluding diaryl/α,β-unsaturated/α-hetero) is 1. The molecule has 0 aliphatic carbocycles. The van der Waals surface area contributed by atoms with Crippen LogP contribution in [0.2, 0.25) is 0 Å². The third kappa shape index (κ3) is 1.64. The molecule has 0 unspecified atom stereocenters. The first-order valence-electron chi connectivity index (χ1n) is 4.33. The molecule has 76 valence electrons. The van der Waals surface area contributed by atoms with Crippen LogP contribution in [-0.2, 0) is 9.53 Å². The Hall–Kier alpha value is -1.68. The molecule has 0 aliphatic rings. The molecule has 0 amide bonds. The third-order valence-electron chi connectivity index (χ3n) is 2.09. The van der Waals surface area contributed by atoms with Crippen LogP contribution in [-0.4, -0.2) is 18.9 Å². The van der Waals surface area contributed by atoms with Crippen LogP contribution in [0.4, 0.5) is 0 Å². The summed E-state index contributed by atoms with van der Waals surface area (Å²) in [5, 5.41) is 3.62. The van der Waals surface area contributed by atoms with E-state index in [-0.39, 0.29) is 0 Å². The Labute approximate surface area is 90.3 Å². The van der Waals surface area contributed by atoms with E-state index in [1.165, 1.54) is 18.4 Å². The minimum Gasteiger partial charge on any atom is -0.463 e. The van der Waals surface area contributed by atoms with Crippen LogP contribution in [0.1, 0.15) is 9.67 Å². The molecule has 3 nitrogen and oxygen atoms in total. The van der Waals surface area contributed by atoms with Gasteiger partial charge in [0, 0.05) is 5.39 Å². The van der Waals surface area contributed by atoms with Gasteiger partial charge in [0.05, 0.1) is 12.0 Å². The number of hydrogen-bond acceptors (Lipinski definition) is 4. The Morgan fingerprint density at radius 3 is 2.73 bits per heavy atom. The van der Waals surface area contributed by atoms with Crippen molar-refractivity contribution in [2.24, 2.45) is 0 Å². The molecular weight excluding hydrogens is 212 g/mol. The maximum Gasteiger partial charge on any atom is 0.380 e. The smallest absolute Gasteiger partial charge is 0.380 e. The number of rotatable bonds is 2. The molecule has 2 aromatic rings. The number of hydrogen-bond donors (Lipinski definition) is 0. The summed E-state index contributed by atoms with van der Waals surface area (Å²) in [6.07, 6.45) is 0. The zero-order valence-electron chi connectivity index (χ0n) is 8.02. The quantitative estimate of drug-likeness (QED) is 0.443. The normalized spacial score (nSPS) is 10.2. The summed E-state index contributed by atoms with van der Waals surface area (Å²) < 4.78 is 4.40. The molecule has 2 rings (SSSR count). The zero-order chi connectivity index (χ0) is 10.8. The monoisotopic (exact) mass is 220 g/mol. The number of carbonyl (C=O) groups excluding carboxylic acids is 2. The van der Waals surface area contributed by atoms with Gasteiger partial charge in [-0.05, 0) is 10.8 Å². The second kappa shape index (κ2) is 3.82. The van der Waals surface area contributed by atoms with E-state index in [1.54, 1.807) is 0 Å². The van der Waals surface area contributed by atoms with E-state index in [2.05, 4.69) is 4.74 Å². The molecule has 1 aromatic carbocycles. The molecular formula is C11H8O3S. The van der Waals surface area contributed by atoms with Gasteiger partial charge < -0.3 is 4.74 Å². The van der Waals surface area contributed by atoms with Crippen molar-refractivity contribution in [3.05, 3.63) is 34.5 Å². The number of ether oxygens (including phenoxy) is 1. The van der Waals surface area contributed by atoms with Gasteiger partial charge in [0.2, 0.25) is 0 Å². The maximum absolute atomic E-state index is 11.6. The summed E-state index contributed by atoms with van der Waals surface area (Å²) in [5.74, 6) is -1.40. The van der Waals surface area contributed by atoms with Crippen LogP contribution in [0.15, 0.2) is 29.6 Å². The number of ketones is 1. The summed E-state index contributed by atoms with van der Waals surface area (Å²) >= 11 is 1.26. The molecule has 0 atom stereocenters. The fraction of sp³-hybridized carbons (Fsp3) is 0.0909. The lowest BCUT2D eigenvalue weighted by atomic mass is 10.1. The highest BCUT2D eigenvalue weighted by Gasteiger charge is 2.20. The summed E-state index contributed by atoms with van der Waals surface area (Å²) in [6, 6.07) is 7.45. The minimum atomic E-state index is -0.817. The van der Waals surface area contributed by atoms with Gasteiger partial charge in [-0.15, -0.1) is 11.3 Å². The highest BCUT2D eigenvalue weighted by atomic mass is 32.1. The molecule has 15 heavy (non-hydrogen) atoms. The third-order valence-corrected chi connectivity index (χ3v) is 3.10. The van der Waals surface area contributed by atoms with Crippen LogP contribution >= 0.6 is 11.3 Å². The molecule has 0 aliphatic heterocycles. The van der Waals surface area contributed by atoms with Crippen LogP contribution in [0.3, 0.4) is 0 Å². The minimum absolute atomic E-state index is 0.442. The Balaban J connectivity index is 2.53. The highest BCUT2D eigenvalue weighted by Crippen LogP contribution is 2.25. The predicted octanol–water partition coefficient (Wildman–Crippen LogP) is 2.26. The standard InChI is InChI=1S/C11H8O3S/c1-14-11(13)9(12)10-8-5-3-2-4-7(8)6-15-10/h2-6H,1H3. The van der Waals surface area contributed by atoms with Crippen LogP contribution in [0.25, 0.3) is 10.8 Å². The van der Waals surface area contributed by atoms with Crippen molar-refractivity contribution in [1.29, 1.82) is 0 Å². The van der Waals surface area contributed by atoms with Gasteiger partial charge in [-0.3, -0.25) is 4.79 Å². The molecule has 4 heteroatoms. The summed E-state index contributed by atoms with van der Waals surface area (Å²) in [5.41, 5.74) is 0. The fourth-order valence-electron chi connectivity index (χ4n) is 1.35. The number of fused-ring (bicyclic) bond motifs is 1. The first-order chi connectivity index (χ1) is 7.24. The largest absolute Gasteiger partial charge is 0.463 e. The van der Waals surface area contributed by atoms with Crippen molar-refractivity contribution < 1.29 is 14.3 Å². The van der Waals surface area contributed by atoms with Gasteiger partial charge in [-0.2, -0.15) is 0 Å². The lowest BCUT2D eigenvalue weighted by Gasteiger charge is -1.96. The number of carbonyl (C=O) groups is 2. The average molecular weight is 220 g/mol. The summed E-state index contributed by atoms with van der Waals surface area (Å²) in [6.45, 7) is 0. The highest BCUT2D eigenvalue weighted by molar-refractivity contribution is 7.14. The fourth-order valence-corrected chi connectivity index (χ4v) is 2.31. The van der Waals surface area contributed by atoms with Crippen LogP contribution < -0.4 is 0 Å². The van der Waals surface area contributed by atoms with E-state index >= 15 is 0 Å². The molecule has 0 N–H and O–H groups in total. The molecule has 1 heterocycles. The van der Waals surface area contributed by atoms with E-state index in [4.69, 9.17) is 0 Å². The summed E-state index contributed by atoms with van der Waals surface area (Å²) in [7, 11) is 1.20. The van der Waals surface area contributed by atoms with E-state index < -0.39 is 11.8 Å². The molecule has 0 spiro atoms. The first-order valence-corrected chi connectivity index (χ1v) is 5.21.